The van der Waals surface area contributed by atoms with Gasteiger partial charge in [0, 0.05) is 42.9 Å². The van der Waals surface area contributed by atoms with E-state index in [9.17, 15) is 9.59 Å². The van der Waals surface area contributed by atoms with E-state index in [2.05, 4.69) is 36.4 Å². The maximum Gasteiger partial charge on any atom is 0.241 e. The largest absolute Gasteiger partial charge is 0.351 e. The highest BCUT2D eigenvalue weighted by Crippen LogP contribution is 2.16. The third-order valence-corrected chi connectivity index (χ3v) is 5.62. The van der Waals surface area contributed by atoms with Gasteiger partial charge in [-0.15, -0.1) is 0 Å². The zero-order chi connectivity index (χ0) is 20.6. The van der Waals surface area contributed by atoms with Crippen molar-refractivity contribution in [2.75, 3.05) is 38.0 Å². The van der Waals surface area contributed by atoms with Crippen LogP contribution in [0, 0.1) is 0 Å². The Morgan fingerprint density at radius 3 is 2.45 bits per heavy atom. The number of nitrogens with zero attached hydrogens (tertiary/aromatic N) is 2. The fraction of sp³-hybridized carbons (Fsp3) is 0.364. The fourth-order valence-electron chi connectivity index (χ4n) is 3.34. The summed E-state index contributed by atoms with van der Waals surface area (Å²) in [7, 11) is 0. The van der Waals surface area contributed by atoms with Gasteiger partial charge in [0.15, 0.2) is 0 Å². The topological polar surface area (TPSA) is 64.7 Å². The first-order valence-corrected chi connectivity index (χ1v) is 10.6. The smallest absolute Gasteiger partial charge is 0.241 e. The first-order chi connectivity index (χ1) is 14.0. The Kier molecular flexibility index (Phi) is 7.80. The molecule has 29 heavy (non-hydrogen) atoms. The Morgan fingerprint density at radius 2 is 1.76 bits per heavy atom. The second-order valence-electron chi connectivity index (χ2n) is 7.25. The minimum atomic E-state index is -0.219. The van der Waals surface area contributed by atoms with Crippen molar-refractivity contribution in [2.24, 2.45) is 0 Å². The van der Waals surface area contributed by atoms with E-state index in [0.717, 1.165) is 41.9 Å². The molecule has 1 aliphatic rings. The van der Waals surface area contributed by atoms with E-state index in [4.69, 9.17) is 0 Å². The number of carbonyl (C=O) groups is 2. The Morgan fingerprint density at radius 1 is 1.03 bits per heavy atom. The van der Waals surface area contributed by atoms with Crippen molar-refractivity contribution in [3.8, 4) is 0 Å². The number of hydrogen-bond donors (Lipinski definition) is 2. The summed E-state index contributed by atoms with van der Waals surface area (Å²) in [6.45, 7) is 5.93. The second-order valence-corrected chi connectivity index (χ2v) is 8.17. The van der Waals surface area contributed by atoms with Gasteiger partial charge in [-0.25, -0.2) is 0 Å². The quantitative estimate of drug-likeness (QED) is 0.669. The Balaban J connectivity index is 1.40. The summed E-state index contributed by atoms with van der Waals surface area (Å²) in [4.78, 5) is 29.1. The van der Waals surface area contributed by atoms with Crippen molar-refractivity contribution >= 4 is 33.4 Å². The Hall–Kier alpha value is -2.22. The van der Waals surface area contributed by atoms with Gasteiger partial charge in [0.1, 0.15) is 0 Å². The molecule has 2 amide bonds. The number of carbonyl (C=O) groups excluding carboxylic acids is 2. The highest BCUT2D eigenvalue weighted by atomic mass is 79.9. The number of piperazine rings is 1. The van der Waals surface area contributed by atoms with E-state index in [1.807, 2.05) is 61.5 Å². The molecular formula is C22H27BrN4O2. The molecule has 0 bridgehead atoms. The number of rotatable bonds is 7. The van der Waals surface area contributed by atoms with Crippen LogP contribution in [-0.2, 0) is 16.1 Å². The van der Waals surface area contributed by atoms with Crippen LogP contribution in [0.3, 0.4) is 0 Å². The van der Waals surface area contributed by atoms with Crippen molar-refractivity contribution in [2.45, 2.75) is 19.5 Å². The second kappa shape index (κ2) is 10.5. The molecule has 0 aliphatic carbocycles. The zero-order valence-electron chi connectivity index (χ0n) is 16.6. The lowest BCUT2D eigenvalue weighted by Crippen LogP contribution is -2.54. The number of anilines is 1. The third kappa shape index (κ3) is 6.66. The van der Waals surface area contributed by atoms with E-state index in [1.54, 1.807) is 0 Å². The van der Waals surface area contributed by atoms with Crippen LogP contribution in [0.15, 0.2) is 59.1 Å². The lowest BCUT2D eigenvalue weighted by molar-refractivity contribution is -0.124. The van der Waals surface area contributed by atoms with Crippen molar-refractivity contribution in [3.05, 3.63) is 64.6 Å². The predicted octanol–water partition coefficient (Wildman–Crippen LogP) is 2.71. The third-order valence-electron chi connectivity index (χ3n) is 5.13. The van der Waals surface area contributed by atoms with Gasteiger partial charge in [-0.1, -0.05) is 52.3 Å². The van der Waals surface area contributed by atoms with Gasteiger partial charge in [-0.3, -0.25) is 19.4 Å². The van der Waals surface area contributed by atoms with E-state index in [1.165, 1.54) is 0 Å². The van der Waals surface area contributed by atoms with Crippen LogP contribution in [0.5, 0.6) is 0 Å². The number of nitrogens with one attached hydrogen (secondary N) is 2. The van der Waals surface area contributed by atoms with Gasteiger partial charge in [0.2, 0.25) is 11.8 Å². The van der Waals surface area contributed by atoms with Crippen LogP contribution >= 0.6 is 15.9 Å². The van der Waals surface area contributed by atoms with Crippen LogP contribution < -0.4 is 10.6 Å². The molecule has 1 atom stereocenters. The van der Waals surface area contributed by atoms with Crippen LogP contribution in [0.1, 0.15) is 12.5 Å². The summed E-state index contributed by atoms with van der Waals surface area (Å²) >= 11 is 3.42. The van der Waals surface area contributed by atoms with Crippen molar-refractivity contribution in [1.82, 2.24) is 15.1 Å². The molecule has 2 N–H and O–H groups in total. The minimum Gasteiger partial charge on any atom is -0.351 e. The molecule has 1 heterocycles. The lowest BCUT2D eigenvalue weighted by atomic mass is 10.2. The molecule has 1 fully saturated rings. The molecule has 0 aromatic heterocycles. The van der Waals surface area contributed by atoms with Crippen LogP contribution in [0.4, 0.5) is 5.69 Å². The SMILES string of the molecule is C[C@H](C(=O)Nc1cccc(Br)c1)N1CCN(CC(=O)NCc2ccccc2)CC1. The Labute approximate surface area is 180 Å². The van der Waals surface area contributed by atoms with Gasteiger partial charge in [-0.05, 0) is 30.7 Å². The van der Waals surface area contributed by atoms with Crippen molar-refractivity contribution < 1.29 is 9.59 Å². The molecule has 154 valence electrons. The first-order valence-electron chi connectivity index (χ1n) is 9.85. The van der Waals surface area contributed by atoms with E-state index < -0.39 is 0 Å². The number of amides is 2. The molecular weight excluding hydrogens is 432 g/mol. The number of halogens is 1. The molecule has 2 aromatic carbocycles. The van der Waals surface area contributed by atoms with E-state index in [-0.39, 0.29) is 17.9 Å². The summed E-state index contributed by atoms with van der Waals surface area (Å²) in [6.07, 6.45) is 0. The molecule has 0 radical (unpaired) electrons. The molecule has 0 spiro atoms. The number of hydrogen-bond acceptors (Lipinski definition) is 4. The van der Waals surface area contributed by atoms with Gasteiger partial charge >= 0.3 is 0 Å². The maximum atomic E-state index is 12.6. The normalized spacial score (nSPS) is 16.2. The molecule has 0 unspecified atom stereocenters. The highest BCUT2D eigenvalue weighted by Gasteiger charge is 2.26. The summed E-state index contributed by atoms with van der Waals surface area (Å²) in [5.74, 6) is 0.0138. The number of benzene rings is 2. The van der Waals surface area contributed by atoms with Gasteiger partial charge in [-0.2, -0.15) is 0 Å². The van der Waals surface area contributed by atoms with Crippen LogP contribution in [0.2, 0.25) is 0 Å². The average molecular weight is 459 g/mol. The average Bonchev–Trinajstić information content (AvgIpc) is 2.73. The van der Waals surface area contributed by atoms with Crippen molar-refractivity contribution in [1.29, 1.82) is 0 Å². The van der Waals surface area contributed by atoms with Crippen LogP contribution in [-0.4, -0.2) is 60.4 Å². The Bertz CT molecular complexity index is 823. The molecule has 0 saturated carbocycles. The molecule has 6 nitrogen and oxygen atoms in total. The summed E-state index contributed by atoms with van der Waals surface area (Å²) in [5, 5.41) is 5.94. The predicted molar refractivity (Wildman–Crippen MR) is 119 cm³/mol. The molecule has 2 aromatic rings. The van der Waals surface area contributed by atoms with Gasteiger partial charge in [0.25, 0.3) is 0 Å². The molecule has 3 rings (SSSR count). The standard InChI is InChI=1S/C22H27BrN4O2/c1-17(22(29)25-20-9-5-8-19(23)14-20)27-12-10-26(11-13-27)16-21(28)24-15-18-6-3-2-4-7-18/h2-9,14,17H,10-13,15-16H2,1H3,(H,24,28)(H,25,29)/t17-/m1/s1. The fourth-order valence-corrected chi connectivity index (χ4v) is 3.74. The van der Waals surface area contributed by atoms with E-state index in [0.29, 0.717) is 13.1 Å². The monoisotopic (exact) mass is 458 g/mol. The molecule has 7 heteroatoms. The highest BCUT2D eigenvalue weighted by molar-refractivity contribution is 9.10. The molecule has 1 aliphatic heterocycles. The summed E-state index contributed by atoms with van der Waals surface area (Å²) in [5.41, 5.74) is 1.88. The van der Waals surface area contributed by atoms with Gasteiger partial charge < -0.3 is 10.6 Å². The van der Waals surface area contributed by atoms with E-state index >= 15 is 0 Å². The van der Waals surface area contributed by atoms with Gasteiger partial charge in [0.05, 0.1) is 12.6 Å². The van der Waals surface area contributed by atoms with Crippen molar-refractivity contribution in [3.63, 3.8) is 0 Å². The summed E-state index contributed by atoms with van der Waals surface area (Å²) in [6, 6.07) is 17.3. The first kappa shape index (κ1) is 21.5. The zero-order valence-corrected chi connectivity index (χ0v) is 18.2. The summed E-state index contributed by atoms with van der Waals surface area (Å²) < 4.78 is 0.933. The minimum absolute atomic E-state index is 0.0165. The van der Waals surface area contributed by atoms with Crippen LogP contribution in [0.25, 0.3) is 0 Å². The molecule has 1 saturated heterocycles. The lowest BCUT2D eigenvalue weighted by Gasteiger charge is -2.37. The maximum absolute atomic E-state index is 12.6.